The van der Waals surface area contributed by atoms with Crippen molar-refractivity contribution in [3.8, 4) is 0 Å². The van der Waals surface area contributed by atoms with E-state index < -0.39 is 0 Å². The van der Waals surface area contributed by atoms with Gasteiger partial charge in [0.2, 0.25) is 0 Å². The van der Waals surface area contributed by atoms with Crippen molar-refractivity contribution in [3.63, 3.8) is 0 Å². The Kier molecular flexibility index (Phi) is 4.40. The number of allylic oxidation sites excluding steroid dienone is 1. The van der Waals surface area contributed by atoms with Gasteiger partial charge in [0.25, 0.3) is 0 Å². The van der Waals surface area contributed by atoms with Crippen LogP contribution in [0.1, 0.15) is 20.8 Å². The summed E-state index contributed by atoms with van der Waals surface area (Å²) in [4.78, 5) is 6.69. The topological polar surface area (TPSA) is 24.8 Å². The molecule has 3 nitrogen and oxygen atoms in total. The van der Waals surface area contributed by atoms with E-state index in [2.05, 4.69) is 19.0 Å². The standard InChI is InChI=1S/C9H18N2O/c1-7(2)8(3)9(10-12-6)11(4)5/h1-6H3. The Morgan fingerprint density at radius 2 is 1.67 bits per heavy atom. The van der Waals surface area contributed by atoms with Gasteiger partial charge in [-0.25, -0.2) is 0 Å². The van der Waals surface area contributed by atoms with Crippen LogP contribution in [0.2, 0.25) is 0 Å². The van der Waals surface area contributed by atoms with Crippen molar-refractivity contribution < 1.29 is 4.84 Å². The van der Waals surface area contributed by atoms with Crippen molar-refractivity contribution in [2.75, 3.05) is 21.2 Å². The lowest BCUT2D eigenvalue weighted by molar-refractivity contribution is 0.208. The van der Waals surface area contributed by atoms with Gasteiger partial charge in [-0.05, 0) is 26.3 Å². The van der Waals surface area contributed by atoms with Crippen LogP contribution >= 0.6 is 0 Å². The summed E-state index contributed by atoms with van der Waals surface area (Å²) >= 11 is 0. The van der Waals surface area contributed by atoms with Gasteiger partial charge in [-0.1, -0.05) is 10.7 Å². The highest BCUT2D eigenvalue weighted by molar-refractivity contribution is 5.97. The molecule has 0 heterocycles. The third-order valence-electron chi connectivity index (χ3n) is 1.69. The molecule has 0 amide bonds. The van der Waals surface area contributed by atoms with Crippen LogP contribution < -0.4 is 0 Å². The van der Waals surface area contributed by atoms with Gasteiger partial charge in [0.05, 0.1) is 0 Å². The average Bonchev–Trinajstić information content (AvgIpc) is 1.98. The molecule has 0 atom stereocenters. The number of nitrogens with zero attached hydrogens (tertiary/aromatic N) is 2. The molecule has 0 saturated carbocycles. The van der Waals surface area contributed by atoms with Crippen LogP contribution in [0.4, 0.5) is 0 Å². The molecule has 70 valence electrons. The van der Waals surface area contributed by atoms with Crippen LogP contribution in [-0.4, -0.2) is 31.9 Å². The first-order valence-corrected chi connectivity index (χ1v) is 3.93. The van der Waals surface area contributed by atoms with Gasteiger partial charge in [0, 0.05) is 14.1 Å². The first-order valence-electron chi connectivity index (χ1n) is 3.93. The Hall–Kier alpha value is -0.990. The van der Waals surface area contributed by atoms with Gasteiger partial charge in [-0.3, -0.25) is 0 Å². The predicted octanol–water partition coefficient (Wildman–Crippen LogP) is 1.86. The van der Waals surface area contributed by atoms with Crippen LogP contribution in [0.15, 0.2) is 16.3 Å². The van der Waals surface area contributed by atoms with Crippen LogP contribution in [-0.2, 0) is 4.84 Å². The van der Waals surface area contributed by atoms with Crippen molar-refractivity contribution in [2.24, 2.45) is 5.16 Å². The second-order valence-electron chi connectivity index (χ2n) is 3.12. The minimum atomic E-state index is 0.873. The maximum absolute atomic E-state index is 4.75. The van der Waals surface area contributed by atoms with Crippen molar-refractivity contribution in [2.45, 2.75) is 20.8 Å². The highest BCUT2D eigenvalue weighted by Gasteiger charge is 2.06. The van der Waals surface area contributed by atoms with Gasteiger partial charge < -0.3 is 9.74 Å². The monoisotopic (exact) mass is 170 g/mol. The summed E-state index contributed by atoms with van der Waals surface area (Å²) in [6.45, 7) is 6.15. The minimum Gasteiger partial charge on any atom is -0.397 e. The highest BCUT2D eigenvalue weighted by Crippen LogP contribution is 2.06. The van der Waals surface area contributed by atoms with Crippen molar-refractivity contribution in [3.05, 3.63) is 11.1 Å². The van der Waals surface area contributed by atoms with E-state index in [0.717, 1.165) is 11.4 Å². The molecule has 12 heavy (non-hydrogen) atoms. The third-order valence-corrected chi connectivity index (χ3v) is 1.69. The molecule has 0 aliphatic rings. The fourth-order valence-corrected chi connectivity index (χ4v) is 0.796. The summed E-state index contributed by atoms with van der Waals surface area (Å²) in [5, 5.41) is 3.93. The summed E-state index contributed by atoms with van der Waals surface area (Å²) in [6.07, 6.45) is 0. The molecule has 0 unspecified atom stereocenters. The van der Waals surface area contributed by atoms with Crippen LogP contribution in [0, 0.1) is 0 Å². The Morgan fingerprint density at radius 3 is 1.92 bits per heavy atom. The number of oxime groups is 1. The maximum Gasteiger partial charge on any atom is 0.170 e. The molecule has 3 heteroatoms. The number of hydrogen-bond donors (Lipinski definition) is 0. The maximum atomic E-state index is 4.75. The van der Waals surface area contributed by atoms with Gasteiger partial charge in [-0.15, -0.1) is 0 Å². The quantitative estimate of drug-likeness (QED) is 0.359. The summed E-state index contributed by atoms with van der Waals surface area (Å²) in [7, 11) is 5.45. The number of amidine groups is 1. The first-order chi connectivity index (χ1) is 5.50. The van der Waals surface area contributed by atoms with Crippen molar-refractivity contribution in [1.29, 1.82) is 0 Å². The SMILES string of the molecule is CON=C(C(C)=C(C)C)N(C)C. The Bertz CT molecular complexity index is 201. The lowest BCUT2D eigenvalue weighted by Gasteiger charge is -2.16. The Morgan fingerprint density at radius 1 is 1.17 bits per heavy atom. The van der Waals surface area contributed by atoms with Crippen LogP contribution in [0.3, 0.4) is 0 Å². The molecule has 0 N–H and O–H groups in total. The third kappa shape index (κ3) is 2.95. The largest absolute Gasteiger partial charge is 0.397 e. The van der Waals surface area contributed by atoms with Crippen LogP contribution in [0.5, 0.6) is 0 Å². The van der Waals surface area contributed by atoms with E-state index in [1.54, 1.807) is 7.11 Å². The fraction of sp³-hybridized carbons (Fsp3) is 0.667. The predicted molar refractivity (Wildman–Crippen MR) is 52.2 cm³/mol. The van der Waals surface area contributed by atoms with Gasteiger partial charge in [0.15, 0.2) is 5.84 Å². The zero-order valence-corrected chi connectivity index (χ0v) is 8.80. The summed E-state index contributed by atoms with van der Waals surface area (Å²) < 4.78 is 0. The second kappa shape index (κ2) is 4.80. The first kappa shape index (κ1) is 11.0. The molecular formula is C9H18N2O. The zero-order valence-electron chi connectivity index (χ0n) is 8.80. The molecule has 0 saturated heterocycles. The van der Waals surface area contributed by atoms with Crippen molar-refractivity contribution >= 4 is 5.84 Å². The molecule has 0 bridgehead atoms. The number of rotatable bonds is 2. The van der Waals surface area contributed by atoms with Gasteiger partial charge in [-0.2, -0.15) is 0 Å². The fourth-order valence-electron chi connectivity index (χ4n) is 0.796. The lowest BCUT2D eigenvalue weighted by atomic mass is 10.1. The summed E-state index contributed by atoms with van der Waals surface area (Å²) in [5.74, 6) is 0.873. The Labute approximate surface area is 74.7 Å². The van der Waals surface area contributed by atoms with Crippen LogP contribution in [0.25, 0.3) is 0 Å². The second-order valence-corrected chi connectivity index (χ2v) is 3.12. The molecule has 0 aromatic heterocycles. The molecule has 0 radical (unpaired) electrons. The van der Waals surface area contributed by atoms with E-state index in [-0.39, 0.29) is 0 Å². The van der Waals surface area contributed by atoms with Gasteiger partial charge in [0.1, 0.15) is 7.11 Å². The lowest BCUT2D eigenvalue weighted by Crippen LogP contribution is -2.23. The van der Waals surface area contributed by atoms with E-state index in [9.17, 15) is 0 Å². The minimum absolute atomic E-state index is 0.873. The molecule has 0 aromatic rings. The molecule has 0 aliphatic heterocycles. The van der Waals surface area contributed by atoms with Crippen molar-refractivity contribution in [1.82, 2.24) is 4.90 Å². The molecule has 0 aliphatic carbocycles. The molecule has 0 spiro atoms. The van der Waals surface area contributed by atoms with E-state index in [1.807, 2.05) is 25.9 Å². The highest BCUT2D eigenvalue weighted by atomic mass is 16.6. The molecule has 0 fully saturated rings. The number of hydrogen-bond acceptors (Lipinski definition) is 2. The number of likely N-dealkylation sites (N-methyl/N-ethyl adjacent to an activating group) is 1. The van der Waals surface area contributed by atoms with E-state index in [0.29, 0.717) is 0 Å². The molecule has 0 aromatic carbocycles. The molecule has 0 rings (SSSR count). The Balaban J connectivity index is 4.77. The smallest absolute Gasteiger partial charge is 0.170 e. The van der Waals surface area contributed by atoms with E-state index in [4.69, 9.17) is 4.84 Å². The van der Waals surface area contributed by atoms with E-state index >= 15 is 0 Å². The van der Waals surface area contributed by atoms with Gasteiger partial charge >= 0.3 is 0 Å². The summed E-state index contributed by atoms with van der Waals surface area (Å²) in [5.41, 5.74) is 2.40. The normalized spacial score (nSPS) is 11.0. The average molecular weight is 170 g/mol. The summed E-state index contributed by atoms with van der Waals surface area (Å²) in [6, 6.07) is 0. The zero-order chi connectivity index (χ0) is 9.72. The molecular weight excluding hydrogens is 152 g/mol. The van der Waals surface area contributed by atoms with E-state index in [1.165, 1.54) is 5.57 Å².